The molecule has 0 aliphatic carbocycles. The molecule has 1 aromatic carbocycles. The average Bonchev–Trinajstić information content (AvgIpc) is 3.04. The van der Waals surface area contributed by atoms with Crippen LogP contribution in [0.3, 0.4) is 0 Å². The third kappa shape index (κ3) is 3.17. The zero-order chi connectivity index (χ0) is 14.7. The number of hydrogen-bond donors (Lipinski definition) is 1. The Labute approximate surface area is 129 Å². The van der Waals surface area contributed by atoms with E-state index in [1.165, 1.54) is 6.20 Å². The highest BCUT2D eigenvalue weighted by molar-refractivity contribution is 9.10. The van der Waals surface area contributed by atoms with E-state index in [1.54, 1.807) is 29.2 Å². The van der Waals surface area contributed by atoms with Gasteiger partial charge in [-0.2, -0.15) is 5.10 Å². The number of aromatic nitrogens is 3. The molecule has 0 fully saturated rings. The number of benzene rings is 1. The number of amides is 1. The van der Waals surface area contributed by atoms with E-state index < -0.39 is 0 Å². The van der Waals surface area contributed by atoms with Gasteiger partial charge in [-0.25, -0.2) is 9.67 Å². The molecule has 0 aliphatic heterocycles. The molecule has 2 heterocycles. The molecule has 21 heavy (non-hydrogen) atoms. The highest BCUT2D eigenvalue weighted by Gasteiger charge is 2.07. The molecule has 0 atom stereocenters. The van der Waals surface area contributed by atoms with E-state index in [-0.39, 0.29) is 5.91 Å². The van der Waals surface area contributed by atoms with Gasteiger partial charge in [-0.1, -0.05) is 15.9 Å². The van der Waals surface area contributed by atoms with E-state index in [0.717, 1.165) is 10.2 Å². The van der Waals surface area contributed by atoms with Crippen LogP contribution in [0.4, 0.5) is 5.69 Å². The fraction of sp³-hybridized carbons (Fsp3) is 0. The first-order chi connectivity index (χ1) is 10.2. The lowest BCUT2D eigenvalue weighted by molar-refractivity contribution is 0.102. The molecule has 1 amide bonds. The molecule has 0 aliphatic rings. The van der Waals surface area contributed by atoms with Crippen LogP contribution in [0, 0.1) is 0 Å². The maximum atomic E-state index is 12.1. The second-order valence-corrected chi connectivity index (χ2v) is 5.23. The number of rotatable bonds is 3. The third-order valence-corrected chi connectivity index (χ3v) is 3.38. The molecule has 0 saturated carbocycles. The summed E-state index contributed by atoms with van der Waals surface area (Å²) in [6.45, 7) is 0. The number of carbonyl (C=O) groups is 1. The molecule has 0 unspecified atom stereocenters. The molecule has 0 saturated heterocycles. The molecule has 0 bridgehead atoms. The van der Waals surface area contributed by atoms with Gasteiger partial charge >= 0.3 is 0 Å². The first-order valence-corrected chi connectivity index (χ1v) is 7.05. The van der Waals surface area contributed by atoms with Crippen LogP contribution in [0.1, 0.15) is 10.4 Å². The third-order valence-electron chi connectivity index (χ3n) is 2.85. The zero-order valence-corrected chi connectivity index (χ0v) is 12.5. The van der Waals surface area contributed by atoms with Gasteiger partial charge in [0.05, 0.1) is 5.56 Å². The molecule has 2 aromatic heterocycles. The lowest BCUT2D eigenvalue weighted by Gasteiger charge is -2.06. The highest BCUT2D eigenvalue weighted by Crippen LogP contribution is 2.15. The summed E-state index contributed by atoms with van der Waals surface area (Å²) in [5.74, 6) is 0.469. The van der Waals surface area contributed by atoms with Crippen molar-refractivity contribution in [3.63, 3.8) is 0 Å². The Bertz CT molecular complexity index is 736. The van der Waals surface area contributed by atoms with Crippen molar-refractivity contribution in [2.75, 3.05) is 5.32 Å². The monoisotopic (exact) mass is 342 g/mol. The number of carbonyl (C=O) groups excluding carboxylic acids is 1. The van der Waals surface area contributed by atoms with Crippen LogP contribution >= 0.6 is 15.9 Å². The molecule has 3 aromatic rings. The largest absolute Gasteiger partial charge is 0.322 e. The van der Waals surface area contributed by atoms with Gasteiger partial charge in [0.2, 0.25) is 0 Å². The molecule has 3 rings (SSSR count). The predicted molar refractivity (Wildman–Crippen MR) is 83.5 cm³/mol. The molecule has 104 valence electrons. The van der Waals surface area contributed by atoms with Crippen LogP contribution in [0.2, 0.25) is 0 Å². The van der Waals surface area contributed by atoms with Gasteiger partial charge in [0.25, 0.3) is 5.91 Å². The minimum atomic E-state index is -0.197. The van der Waals surface area contributed by atoms with Gasteiger partial charge in [0.1, 0.15) is 0 Å². The van der Waals surface area contributed by atoms with Crippen LogP contribution in [-0.2, 0) is 0 Å². The summed E-state index contributed by atoms with van der Waals surface area (Å²) in [4.78, 5) is 16.3. The van der Waals surface area contributed by atoms with Crippen molar-refractivity contribution in [2.24, 2.45) is 0 Å². The molecule has 1 N–H and O–H groups in total. The minimum absolute atomic E-state index is 0.197. The van der Waals surface area contributed by atoms with Gasteiger partial charge in [-0.05, 0) is 42.5 Å². The first kappa shape index (κ1) is 13.5. The van der Waals surface area contributed by atoms with E-state index in [9.17, 15) is 4.79 Å². The first-order valence-electron chi connectivity index (χ1n) is 6.25. The van der Waals surface area contributed by atoms with Gasteiger partial charge in [0, 0.05) is 28.8 Å². The van der Waals surface area contributed by atoms with Crippen LogP contribution in [0.15, 0.2) is 65.5 Å². The predicted octanol–water partition coefficient (Wildman–Crippen LogP) is 3.28. The zero-order valence-electron chi connectivity index (χ0n) is 10.9. The Balaban J connectivity index is 1.74. The van der Waals surface area contributed by atoms with Crippen molar-refractivity contribution in [2.45, 2.75) is 0 Å². The molecule has 0 spiro atoms. The maximum absolute atomic E-state index is 12.1. The summed E-state index contributed by atoms with van der Waals surface area (Å²) >= 11 is 3.35. The van der Waals surface area contributed by atoms with E-state index in [0.29, 0.717) is 11.4 Å². The number of nitrogens with zero attached hydrogens (tertiary/aromatic N) is 3. The molecule has 5 nitrogen and oxygen atoms in total. The van der Waals surface area contributed by atoms with Crippen molar-refractivity contribution < 1.29 is 4.79 Å². The van der Waals surface area contributed by atoms with E-state index >= 15 is 0 Å². The van der Waals surface area contributed by atoms with Gasteiger partial charge in [-0.3, -0.25) is 4.79 Å². The Morgan fingerprint density at radius 2 is 1.95 bits per heavy atom. The van der Waals surface area contributed by atoms with Crippen LogP contribution < -0.4 is 5.32 Å². The van der Waals surface area contributed by atoms with Crippen molar-refractivity contribution in [3.8, 4) is 5.82 Å². The van der Waals surface area contributed by atoms with E-state index in [4.69, 9.17) is 0 Å². The molecule has 0 radical (unpaired) electrons. The molecular formula is C15H11BrN4O. The summed E-state index contributed by atoms with van der Waals surface area (Å²) in [7, 11) is 0. The van der Waals surface area contributed by atoms with Gasteiger partial charge < -0.3 is 5.32 Å². The fourth-order valence-corrected chi connectivity index (χ4v) is 2.06. The average molecular weight is 343 g/mol. The standard InChI is InChI=1S/C15H11BrN4O/c16-12-3-5-13(6-4-12)19-15(21)11-2-7-14(17-10-11)20-9-1-8-18-20/h1-10H,(H,19,21). The normalized spacial score (nSPS) is 10.3. The highest BCUT2D eigenvalue weighted by atomic mass is 79.9. The fourth-order valence-electron chi connectivity index (χ4n) is 1.80. The molecular weight excluding hydrogens is 332 g/mol. The number of nitrogens with one attached hydrogen (secondary N) is 1. The minimum Gasteiger partial charge on any atom is -0.322 e. The summed E-state index contributed by atoms with van der Waals surface area (Å²) in [6.07, 6.45) is 5.00. The maximum Gasteiger partial charge on any atom is 0.257 e. The van der Waals surface area contributed by atoms with Gasteiger partial charge in [-0.15, -0.1) is 0 Å². The lowest BCUT2D eigenvalue weighted by atomic mass is 10.2. The van der Waals surface area contributed by atoms with Crippen molar-refractivity contribution in [1.29, 1.82) is 0 Å². The van der Waals surface area contributed by atoms with Crippen LogP contribution in [0.5, 0.6) is 0 Å². The van der Waals surface area contributed by atoms with Gasteiger partial charge in [0.15, 0.2) is 5.82 Å². The SMILES string of the molecule is O=C(Nc1ccc(Br)cc1)c1ccc(-n2cccn2)nc1. The van der Waals surface area contributed by atoms with Crippen molar-refractivity contribution >= 4 is 27.5 Å². The van der Waals surface area contributed by atoms with Crippen molar-refractivity contribution in [3.05, 3.63) is 71.1 Å². The number of pyridine rings is 1. The molecule has 6 heteroatoms. The quantitative estimate of drug-likeness (QED) is 0.794. The Hall–Kier alpha value is -2.47. The summed E-state index contributed by atoms with van der Waals surface area (Å²) in [5, 5.41) is 6.90. The summed E-state index contributed by atoms with van der Waals surface area (Å²) in [5.41, 5.74) is 1.23. The Morgan fingerprint density at radius 1 is 1.14 bits per heavy atom. The second-order valence-electron chi connectivity index (χ2n) is 4.32. The van der Waals surface area contributed by atoms with E-state index in [2.05, 4.69) is 31.3 Å². The lowest BCUT2D eigenvalue weighted by Crippen LogP contribution is -2.12. The number of hydrogen-bond acceptors (Lipinski definition) is 3. The number of halogens is 1. The summed E-state index contributed by atoms with van der Waals surface area (Å²) < 4.78 is 2.60. The van der Waals surface area contributed by atoms with Crippen LogP contribution in [-0.4, -0.2) is 20.7 Å². The second kappa shape index (κ2) is 5.88. The Kier molecular flexibility index (Phi) is 3.79. The summed E-state index contributed by atoms with van der Waals surface area (Å²) in [6, 6.07) is 12.7. The topological polar surface area (TPSA) is 59.8 Å². The van der Waals surface area contributed by atoms with E-state index in [1.807, 2.05) is 30.3 Å². The van der Waals surface area contributed by atoms with Crippen LogP contribution in [0.25, 0.3) is 5.82 Å². The number of anilines is 1. The van der Waals surface area contributed by atoms with Crippen molar-refractivity contribution in [1.82, 2.24) is 14.8 Å². The smallest absolute Gasteiger partial charge is 0.257 e. The Morgan fingerprint density at radius 3 is 2.57 bits per heavy atom.